The highest BCUT2D eigenvalue weighted by atomic mass is 32.2. The summed E-state index contributed by atoms with van der Waals surface area (Å²) >= 11 is 0. The van der Waals surface area contributed by atoms with Crippen molar-refractivity contribution in [2.75, 3.05) is 0 Å². The number of rotatable bonds is 2. The number of hydrogen-bond acceptors (Lipinski definition) is 3. The summed E-state index contributed by atoms with van der Waals surface area (Å²) < 4.78 is 26.3. The Morgan fingerprint density at radius 3 is 2.86 bits per heavy atom. The number of H-pyrrole nitrogens is 1. The molecule has 2 rings (SSSR count). The molecule has 2 aromatic rings. The maximum Gasteiger partial charge on any atom is 0.368 e. The number of nitrogens with zero attached hydrogens (tertiary/aromatic N) is 3. The van der Waals surface area contributed by atoms with E-state index < -0.39 is 10.0 Å². The minimum Gasteiger partial charge on any atom is -0.332 e. The molecular formula is C7H9N4O2S+. The normalized spacial score (nSPS) is 11.8. The van der Waals surface area contributed by atoms with E-state index in [0.717, 1.165) is 3.97 Å². The third-order valence-corrected chi connectivity index (χ3v) is 3.22. The van der Waals surface area contributed by atoms with Gasteiger partial charge in [0.1, 0.15) is 12.4 Å². The topological polar surface area (TPSA) is 71.6 Å². The lowest BCUT2D eigenvalue weighted by atomic mass is 10.9. The van der Waals surface area contributed by atoms with E-state index in [1.807, 2.05) is 0 Å². The molecule has 0 aliphatic heterocycles. The minimum absolute atomic E-state index is 0.0614. The highest BCUT2D eigenvalue weighted by Gasteiger charge is 2.24. The zero-order valence-electron chi connectivity index (χ0n) is 7.45. The van der Waals surface area contributed by atoms with Crippen LogP contribution in [-0.4, -0.2) is 22.4 Å². The second kappa shape index (κ2) is 2.95. The first-order valence-corrected chi connectivity index (χ1v) is 5.33. The molecular weight excluding hydrogens is 204 g/mol. The number of hydrogen-bond donors (Lipinski definition) is 1. The third-order valence-electron chi connectivity index (χ3n) is 1.74. The van der Waals surface area contributed by atoms with Gasteiger partial charge in [0.15, 0.2) is 0 Å². The summed E-state index contributed by atoms with van der Waals surface area (Å²) in [5.74, 6) is 0. The van der Waals surface area contributed by atoms with E-state index in [4.69, 9.17) is 0 Å². The summed E-state index contributed by atoms with van der Waals surface area (Å²) in [7, 11) is -1.80. The van der Waals surface area contributed by atoms with Gasteiger partial charge >= 0.3 is 10.0 Å². The maximum absolute atomic E-state index is 11.8. The number of imidazole rings is 2. The van der Waals surface area contributed by atoms with Gasteiger partial charge in [-0.25, -0.2) is 9.55 Å². The van der Waals surface area contributed by atoms with Crippen molar-refractivity contribution in [1.82, 2.24) is 13.9 Å². The first kappa shape index (κ1) is 8.95. The van der Waals surface area contributed by atoms with Crippen LogP contribution in [0.3, 0.4) is 0 Å². The fraction of sp³-hybridized carbons (Fsp3) is 0.143. The Balaban J connectivity index is 2.54. The Kier molecular flexibility index (Phi) is 1.88. The molecule has 0 unspecified atom stereocenters. The van der Waals surface area contributed by atoms with Gasteiger partial charge < -0.3 is 4.98 Å². The second-order valence-electron chi connectivity index (χ2n) is 2.81. The Hall–Kier alpha value is -1.63. The average Bonchev–Trinajstić information content (AvgIpc) is 2.72. The standard InChI is InChI=1S/C7H9N4O2S/c1-10-4-5-11(6-10)14(12,13)7-8-2-3-9-7/h2-6H,1H3,(H,8,9)/q+1. The van der Waals surface area contributed by atoms with Crippen molar-refractivity contribution >= 4 is 10.0 Å². The molecule has 0 radical (unpaired) electrons. The molecule has 0 bridgehead atoms. The molecule has 1 N–H and O–H groups in total. The van der Waals surface area contributed by atoms with Gasteiger partial charge in [-0.3, -0.25) is 0 Å². The van der Waals surface area contributed by atoms with Crippen molar-refractivity contribution in [2.24, 2.45) is 7.05 Å². The van der Waals surface area contributed by atoms with Crippen molar-refractivity contribution in [3.8, 4) is 0 Å². The summed E-state index contributed by atoms with van der Waals surface area (Å²) in [5.41, 5.74) is 0. The lowest BCUT2D eigenvalue weighted by Gasteiger charge is -1.93. The summed E-state index contributed by atoms with van der Waals surface area (Å²) in [4.78, 5) is 6.26. The number of aromatic amines is 1. The van der Waals surface area contributed by atoms with Crippen molar-refractivity contribution in [1.29, 1.82) is 0 Å². The van der Waals surface area contributed by atoms with Crippen molar-refractivity contribution < 1.29 is 13.0 Å². The molecule has 0 saturated carbocycles. The molecule has 0 saturated heterocycles. The zero-order chi connectivity index (χ0) is 10.2. The number of aromatic nitrogens is 4. The van der Waals surface area contributed by atoms with E-state index in [2.05, 4.69) is 9.97 Å². The molecule has 0 fully saturated rings. The van der Waals surface area contributed by atoms with E-state index >= 15 is 0 Å². The number of nitrogens with one attached hydrogen (secondary N) is 1. The molecule has 2 heterocycles. The fourth-order valence-electron chi connectivity index (χ4n) is 1.06. The molecule has 0 aliphatic rings. The van der Waals surface area contributed by atoms with E-state index in [0.29, 0.717) is 0 Å². The quantitative estimate of drug-likeness (QED) is 0.669. The molecule has 6 nitrogen and oxygen atoms in total. The molecule has 2 aromatic heterocycles. The van der Waals surface area contributed by atoms with E-state index in [1.165, 1.54) is 24.9 Å². The van der Waals surface area contributed by atoms with Crippen LogP contribution in [0.2, 0.25) is 0 Å². The van der Waals surface area contributed by atoms with Gasteiger partial charge in [0.25, 0.3) is 11.5 Å². The van der Waals surface area contributed by atoms with Crippen LogP contribution in [0.15, 0.2) is 36.3 Å². The molecule has 14 heavy (non-hydrogen) atoms. The summed E-state index contributed by atoms with van der Waals surface area (Å²) in [6.07, 6.45) is 7.42. The zero-order valence-corrected chi connectivity index (χ0v) is 8.27. The summed E-state index contributed by atoms with van der Waals surface area (Å²) in [5, 5.41) is -0.0614. The van der Waals surface area contributed by atoms with Crippen LogP contribution in [0, 0.1) is 0 Å². The monoisotopic (exact) mass is 213 g/mol. The van der Waals surface area contributed by atoms with Crippen LogP contribution in [0.1, 0.15) is 0 Å². The molecule has 7 heteroatoms. The van der Waals surface area contributed by atoms with E-state index in [-0.39, 0.29) is 5.16 Å². The lowest BCUT2D eigenvalue weighted by Crippen LogP contribution is -2.25. The van der Waals surface area contributed by atoms with Gasteiger partial charge in [0.05, 0.1) is 7.05 Å². The van der Waals surface area contributed by atoms with Gasteiger partial charge in [0.2, 0.25) is 0 Å². The fourth-order valence-corrected chi connectivity index (χ4v) is 2.16. The molecule has 74 valence electrons. The predicted octanol–water partition coefficient (Wildman–Crippen LogP) is -0.727. The number of aryl methyl sites for hydroxylation is 1. The van der Waals surface area contributed by atoms with E-state index in [9.17, 15) is 8.42 Å². The smallest absolute Gasteiger partial charge is 0.332 e. The summed E-state index contributed by atoms with van der Waals surface area (Å²) in [6, 6.07) is 0. The van der Waals surface area contributed by atoms with Crippen LogP contribution in [0.4, 0.5) is 0 Å². The van der Waals surface area contributed by atoms with Crippen LogP contribution < -0.4 is 4.57 Å². The Morgan fingerprint density at radius 1 is 1.57 bits per heavy atom. The minimum atomic E-state index is -3.55. The van der Waals surface area contributed by atoms with E-state index in [1.54, 1.807) is 17.8 Å². The van der Waals surface area contributed by atoms with Crippen molar-refractivity contribution in [3.63, 3.8) is 0 Å². The predicted molar refractivity (Wildman–Crippen MR) is 46.8 cm³/mol. The van der Waals surface area contributed by atoms with Crippen molar-refractivity contribution in [3.05, 3.63) is 31.1 Å². The molecule has 0 atom stereocenters. The molecule has 0 spiro atoms. The molecule has 0 amide bonds. The molecule has 0 aromatic carbocycles. The highest BCUT2D eigenvalue weighted by molar-refractivity contribution is 7.89. The Morgan fingerprint density at radius 2 is 2.36 bits per heavy atom. The van der Waals surface area contributed by atoms with Gasteiger partial charge in [-0.15, -0.1) is 3.97 Å². The maximum atomic E-state index is 11.8. The molecule has 0 aliphatic carbocycles. The Labute approximate surface area is 80.9 Å². The van der Waals surface area contributed by atoms with Crippen LogP contribution >= 0.6 is 0 Å². The first-order valence-electron chi connectivity index (χ1n) is 3.89. The Bertz CT molecular complexity index is 526. The third kappa shape index (κ3) is 1.31. The first-order chi connectivity index (χ1) is 6.60. The van der Waals surface area contributed by atoms with Gasteiger partial charge in [-0.2, -0.15) is 8.42 Å². The van der Waals surface area contributed by atoms with Gasteiger partial charge in [-0.05, 0) is 0 Å². The SMILES string of the molecule is C[n+]1ccn(S(=O)(=O)c2ncc[nH]2)c1. The van der Waals surface area contributed by atoms with Gasteiger partial charge in [-0.1, -0.05) is 0 Å². The largest absolute Gasteiger partial charge is 0.368 e. The van der Waals surface area contributed by atoms with Crippen LogP contribution in [0.25, 0.3) is 0 Å². The summed E-state index contributed by atoms with van der Waals surface area (Å²) in [6.45, 7) is 0. The van der Waals surface area contributed by atoms with Crippen LogP contribution in [0.5, 0.6) is 0 Å². The van der Waals surface area contributed by atoms with Crippen LogP contribution in [-0.2, 0) is 17.1 Å². The van der Waals surface area contributed by atoms with Gasteiger partial charge in [0, 0.05) is 12.4 Å². The highest BCUT2D eigenvalue weighted by Crippen LogP contribution is 2.05. The second-order valence-corrected chi connectivity index (χ2v) is 4.57. The van der Waals surface area contributed by atoms with Crippen molar-refractivity contribution in [2.45, 2.75) is 5.16 Å². The lowest BCUT2D eigenvalue weighted by molar-refractivity contribution is -0.670. The average molecular weight is 213 g/mol.